The lowest BCUT2D eigenvalue weighted by Crippen LogP contribution is -2.03. The number of unbranched alkanes of at least 4 members (excludes halogenated alkanes) is 7. The average molecular weight is 359 g/mol. The summed E-state index contributed by atoms with van der Waals surface area (Å²) >= 11 is 0. The van der Waals surface area contributed by atoms with Crippen molar-refractivity contribution in [3.63, 3.8) is 0 Å². The summed E-state index contributed by atoms with van der Waals surface area (Å²) in [5, 5.41) is 18.9. The molecule has 26 heavy (non-hydrogen) atoms. The molecule has 0 bridgehead atoms. The van der Waals surface area contributed by atoms with Gasteiger partial charge in [-0.15, -0.1) is 0 Å². The van der Waals surface area contributed by atoms with E-state index < -0.39 is 5.97 Å². The van der Waals surface area contributed by atoms with Crippen LogP contribution in [0.1, 0.15) is 87.1 Å². The lowest BCUT2D eigenvalue weighted by atomic mass is 9.99. The maximum absolute atomic E-state index is 11.2. The Morgan fingerprint density at radius 1 is 0.923 bits per heavy atom. The number of carboxylic acids is 1. The Morgan fingerprint density at radius 3 is 2.27 bits per heavy atom. The van der Waals surface area contributed by atoms with Crippen molar-refractivity contribution in [2.75, 3.05) is 0 Å². The predicted molar refractivity (Wildman–Crippen MR) is 109 cm³/mol. The number of hydrogen-bond donors (Lipinski definition) is 2. The molecule has 0 radical (unpaired) electrons. The van der Waals surface area contributed by atoms with E-state index in [2.05, 4.69) is 31.2 Å². The number of aromatic hydroxyl groups is 1. The van der Waals surface area contributed by atoms with E-state index >= 15 is 0 Å². The third kappa shape index (κ3) is 9.45. The first-order valence-corrected chi connectivity index (χ1v) is 10.0. The molecule has 2 N–H and O–H groups in total. The summed E-state index contributed by atoms with van der Waals surface area (Å²) in [5.41, 5.74) is 0.791. The summed E-state index contributed by atoms with van der Waals surface area (Å²) in [5.74, 6) is -1.18. The number of carboxylic acid groups (broad SMARTS) is 1. The number of aryl methyl sites for hydroxylation is 1. The Morgan fingerprint density at radius 2 is 1.58 bits per heavy atom. The highest BCUT2D eigenvalue weighted by Crippen LogP contribution is 2.23. The maximum atomic E-state index is 11.2. The van der Waals surface area contributed by atoms with Crippen molar-refractivity contribution < 1.29 is 15.0 Å². The molecular weight excluding hydrogens is 324 g/mol. The molecule has 1 aromatic carbocycles. The van der Waals surface area contributed by atoms with Gasteiger partial charge in [-0.1, -0.05) is 75.5 Å². The molecule has 0 unspecified atom stereocenters. The van der Waals surface area contributed by atoms with Gasteiger partial charge in [0.2, 0.25) is 0 Å². The van der Waals surface area contributed by atoms with Crippen LogP contribution in [0, 0.1) is 0 Å². The van der Waals surface area contributed by atoms with Gasteiger partial charge in [-0.2, -0.15) is 0 Å². The van der Waals surface area contributed by atoms with Crippen molar-refractivity contribution >= 4 is 5.97 Å². The number of rotatable bonds is 14. The minimum atomic E-state index is -1.05. The van der Waals surface area contributed by atoms with E-state index in [4.69, 9.17) is 0 Å². The van der Waals surface area contributed by atoms with Crippen LogP contribution in [0.5, 0.6) is 5.75 Å². The van der Waals surface area contributed by atoms with Crippen molar-refractivity contribution in [1.29, 1.82) is 0 Å². The summed E-state index contributed by atoms with van der Waals surface area (Å²) in [6.07, 6.45) is 21.3. The summed E-state index contributed by atoms with van der Waals surface area (Å²) in [6, 6.07) is 4.94. The highest BCUT2D eigenvalue weighted by atomic mass is 16.4. The zero-order chi connectivity index (χ0) is 19.0. The van der Waals surface area contributed by atoms with E-state index in [-0.39, 0.29) is 11.3 Å². The number of hydrogen-bond acceptors (Lipinski definition) is 2. The van der Waals surface area contributed by atoms with Gasteiger partial charge < -0.3 is 10.2 Å². The van der Waals surface area contributed by atoms with Crippen LogP contribution in [0.25, 0.3) is 0 Å². The molecule has 0 spiro atoms. The maximum Gasteiger partial charge on any atom is 0.339 e. The molecule has 0 aliphatic carbocycles. The molecule has 144 valence electrons. The van der Waals surface area contributed by atoms with Gasteiger partial charge in [-0.05, 0) is 50.2 Å². The highest BCUT2D eigenvalue weighted by Gasteiger charge is 2.14. The molecule has 0 aliphatic heterocycles. The molecular formula is C23H34O3. The van der Waals surface area contributed by atoms with Gasteiger partial charge in [0, 0.05) is 0 Å². The van der Waals surface area contributed by atoms with Gasteiger partial charge in [0.1, 0.15) is 11.3 Å². The van der Waals surface area contributed by atoms with Crippen molar-refractivity contribution in [2.45, 2.75) is 77.6 Å². The molecule has 0 amide bonds. The van der Waals surface area contributed by atoms with Crippen LogP contribution >= 0.6 is 0 Å². The second kappa shape index (κ2) is 14.2. The third-order valence-electron chi connectivity index (χ3n) is 4.47. The third-order valence-corrected chi connectivity index (χ3v) is 4.47. The van der Waals surface area contributed by atoms with Crippen LogP contribution in [0.2, 0.25) is 0 Å². The monoisotopic (exact) mass is 358 g/mol. The fraction of sp³-hybridized carbons (Fsp3) is 0.522. The van der Waals surface area contributed by atoms with Crippen LogP contribution in [-0.4, -0.2) is 16.2 Å². The second-order valence-electron chi connectivity index (χ2n) is 6.74. The van der Waals surface area contributed by atoms with Gasteiger partial charge in [-0.3, -0.25) is 0 Å². The SMILES string of the molecule is CCC/C=C\C/C=C\CCCCCCCCc1cccc(O)c1C(=O)O. The van der Waals surface area contributed by atoms with Gasteiger partial charge in [0.25, 0.3) is 0 Å². The van der Waals surface area contributed by atoms with Crippen molar-refractivity contribution in [1.82, 2.24) is 0 Å². The van der Waals surface area contributed by atoms with Gasteiger partial charge in [-0.25, -0.2) is 4.79 Å². The number of aromatic carboxylic acids is 1. The first-order chi connectivity index (χ1) is 12.7. The molecule has 3 heteroatoms. The zero-order valence-corrected chi connectivity index (χ0v) is 16.1. The molecule has 1 aromatic rings. The minimum Gasteiger partial charge on any atom is -0.507 e. The lowest BCUT2D eigenvalue weighted by molar-refractivity contribution is 0.0692. The normalized spacial score (nSPS) is 11.6. The second-order valence-corrected chi connectivity index (χ2v) is 6.74. The molecule has 0 heterocycles. The molecule has 3 nitrogen and oxygen atoms in total. The van der Waals surface area contributed by atoms with E-state index in [1.807, 2.05) is 0 Å². The summed E-state index contributed by atoms with van der Waals surface area (Å²) in [4.78, 5) is 11.2. The molecule has 0 saturated heterocycles. The largest absolute Gasteiger partial charge is 0.507 e. The van der Waals surface area contributed by atoms with Gasteiger partial charge >= 0.3 is 5.97 Å². The highest BCUT2D eigenvalue weighted by molar-refractivity contribution is 5.92. The zero-order valence-electron chi connectivity index (χ0n) is 16.1. The first kappa shape index (κ1) is 22.0. The van der Waals surface area contributed by atoms with E-state index in [1.54, 1.807) is 12.1 Å². The fourth-order valence-electron chi connectivity index (χ4n) is 3.00. The molecule has 0 fully saturated rings. The molecule has 0 aliphatic rings. The average Bonchev–Trinajstić information content (AvgIpc) is 2.61. The predicted octanol–water partition coefficient (Wildman–Crippen LogP) is 6.67. The van der Waals surface area contributed by atoms with Crippen molar-refractivity contribution in [3.05, 3.63) is 53.6 Å². The first-order valence-electron chi connectivity index (χ1n) is 10.0. The minimum absolute atomic E-state index is 0.0591. The van der Waals surface area contributed by atoms with E-state index in [0.717, 1.165) is 31.2 Å². The molecule has 1 rings (SSSR count). The quantitative estimate of drug-likeness (QED) is 0.288. The van der Waals surface area contributed by atoms with Gasteiger partial charge in [0.15, 0.2) is 0 Å². The summed E-state index contributed by atoms with van der Waals surface area (Å²) in [6.45, 7) is 2.19. The Kier molecular flexibility index (Phi) is 12.0. The van der Waals surface area contributed by atoms with Crippen LogP contribution in [0.15, 0.2) is 42.5 Å². The van der Waals surface area contributed by atoms with E-state index in [0.29, 0.717) is 6.42 Å². The lowest BCUT2D eigenvalue weighted by Gasteiger charge is -2.07. The Bertz CT molecular complexity index is 573. The van der Waals surface area contributed by atoms with E-state index in [1.165, 1.54) is 44.6 Å². The molecule has 0 aromatic heterocycles. The smallest absolute Gasteiger partial charge is 0.339 e. The number of carbonyl (C=O) groups is 1. The van der Waals surface area contributed by atoms with Crippen molar-refractivity contribution in [3.8, 4) is 5.75 Å². The van der Waals surface area contributed by atoms with Crippen molar-refractivity contribution in [2.24, 2.45) is 0 Å². The Balaban J connectivity index is 2.06. The van der Waals surface area contributed by atoms with Crippen LogP contribution in [0.3, 0.4) is 0 Å². The topological polar surface area (TPSA) is 57.5 Å². The van der Waals surface area contributed by atoms with Gasteiger partial charge in [0.05, 0.1) is 0 Å². The van der Waals surface area contributed by atoms with E-state index in [9.17, 15) is 15.0 Å². The number of allylic oxidation sites excluding steroid dienone is 4. The summed E-state index contributed by atoms with van der Waals surface area (Å²) in [7, 11) is 0. The molecule has 0 saturated carbocycles. The number of benzene rings is 1. The van der Waals surface area contributed by atoms with Crippen LogP contribution in [-0.2, 0) is 6.42 Å². The Hall–Kier alpha value is -2.03. The number of phenols is 1. The standard InChI is InChI=1S/C23H34O3/c1-2-3-4-5-6-7-8-9-10-11-12-13-14-15-17-20-18-16-19-21(24)22(20)23(25)26/h4-5,7-8,16,18-19,24H,2-3,6,9-15,17H2,1H3,(H,25,26)/b5-4-,8-7-. The van der Waals surface area contributed by atoms with Crippen LogP contribution in [0.4, 0.5) is 0 Å². The fourth-order valence-corrected chi connectivity index (χ4v) is 3.00. The molecule has 0 atom stereocenters. The Labute approximate surface area is 158 Å². The van der Waals surface area contributed by atoms with Crippen LogP contribution < -0.4 is 0 Å². The summed E-state index contributed by atoms with van der Waals surface area (Å²) < 4.78 is 0.